The molecule has 2 N–H and O–H groups in total. The molecule has 2 aliphatic rings. The first kappa shape index (κ1) is 12.7. The smallest absolute Gasteiger partial charge is 0.407 e. The van der Waals surface area contributed by atoms with Crippen molar-refractivity contribution in [2.24, 2.45) is 17.3 Å². The Morgan fingerprint density at radius 3 is 2.35 bits per heavy atom. The molecule has 1 saturated carbocycles. The molecule has 2 fully saturated rings. The predicted molar refractivity (Wildman–Crippen MR) is 64.8 cm³/mol. The summed E-state index contributed by atoms with van der Waals surface area (Å²) in [6, 6.07) is -0.145. The van der Waals surface area contributed by atoms with E-state index >= 15 is 0 Å². The lowest BCUT2D eigenvalue weighted by Gasteiger charge is -2.38. The summed E-state index contributed by atoms with van der Waals surface area (Å²) in [6.07, 6.45) is 2.46. The SMILES string of the molecule is CC(C)(C)[C@H]1C2CCCC2C(CO)N1C(=O)O. The second-order valence-electron chi connectivity index (χ2n) is 6.51. The van der Waals surface area contributed by atoms with E-state index in [0.29, 0.717) is 11.8 Å². The maximum absolute atomic E-state index is 11.5. The van der Waals surface area contributed by atoms with E-state index in [1.54, 1.807) is 0 Å². The maximum Gasteiger partial charge on any atom is 0.407 e. The van der Waals surface area contributed by atoms with Crippen LogP contribution in [0.5, 0.6) is 0 Å². The number of fused-ring (bicyclic) bond motifs is 1. The molecule has 98 valence electrons. The monoisotopic (exact) mass is 241 g/mol. The zero-order valence-corrected chi connectivity index (χ0v) is 10.9. The largest absolute Gasteiger partial charge is 0.465 e. The first-order chi connectivity index (χ1) is 7.88. The molecule has 4 nitrogen and oxygen atoms in total. The van der Waals surface area contributed by atoms with Crippen molar-refractivity contribution in [1.29, 1.82) is 0 Å². The molecular weight excluding hydrogens is 218 g/mol. The molecule has 0 radical (unpaired) electrons. The summed E-state index contributed by atoms with van der Waals surface area (Å²) in [5.41, 5.74) is -0.0600. The van der Waals surface area contributed by atoms with Gasteiger partial charge in [-0.3, -0.25) is 4.90 Å². The lowest BCUT2D eigenvalue weighted by atomic mass is 9.77. The number of likely N-dealkylation sites (tertiary alicyclic amines) is 1. The average molecular weight is 241 g/mol. The molecule has 0 aromatic carbocycles. The Kier molecular flexibility index (Phi) is 3.10. The highest BCUT2D eigenvalue weighted by atomic mass is 16.4. The zero-order valence-electron chi connectivity index (χ0n) is 10.9. The van der Waals surface area contributed by atoms with Gasteiger partial charge in [0.25, 0.3) is 0 Å². The van der Waals surface area contributed by atoms with Crippen LogP contribution in [0.25, 0.3) is 0 Å². The van der Waals surface area contributed by atoms with Crippen molar-refractivity contribution in [3.63, 3.8) is 0 Å². The number of hydrogen-bond donors (Lipinski definition) is 2. The van der Waals surface area contributed by atoms with Crippen LogP contribution >= 0.6 is 0 Å². The third-order valence-corrected chi connectivity index (χ3v) is 4.48. The van der Waals surface area contributed by atoms with Crippen molar-refractivity contribution in [1.82, 2.24) is 4.90 Å². The number of carbonyl (C=O) groups is 1. The predicted octanol–water partition coefficient (Wildman–Crippen LogP) is 2.17. The summed E-state index contributed by atoms with van der Waals surface area (Å²) in [5, 5.41) is 18.9. The van der Waals surface area contributed by atoms with Gasteiger partial charge in [0.15, 0.2) is 0 Å². The summed E-state index contributed by atoms with van der Waals surface area (Å²) >= 11 is 0. The van der Waals surface area contributed by atoms with Crippen molar-refractivity contribution < 1.29 is 15.0 Å². The standard InChI is InChI=1S/C13H23NO3/c1-13(2,3)11-9-6-4-5-8(9)10(7-15)14(11)12(16)17/h8-11,15H,4-7H2,1-3H3,(H,16,17)/t8?,9?,10?,11-/m1/s1. The molecule has 1 aliphatic heterocycles. The van der Waals surface area contributed by atoms with Crippen LogP contribution in [0.3, 0.4) is 0 Å². The molecule has 3 unspecified atom stereocenters. The van der Waals surface area contributed by atoms with Crippen LogP contribution in [0.2, 0.25) is 0 Å². The molecule has 1 saturated heterocycles. The van der Waals surface area contributed by atoms with Crippen molar-refractivity contribution in [2.45, 2.75) is 52.1 Å². The van der Waals surface area contributed by atoms with Crippen LogP contribution in [0.1, 0.15) is 40.0 Å². The van der Waals surface area contributed by atoms with Crippen LogP contribution in [0.4, 0.5) is 4.79 Å². The third kappa shape index (κ3) is 1.92. The number of rotatable bonds is 1. The van der Waals surface area contributed by atoms with Gasteiger partial charge in [0.2, 0.25) is 0 Å². The number of carboxylic acid groups (broad SMARTS) is 1. The van der Waals surface area contributed by atoms with Gasteiger partial charge in [0.05, 0.1) is 12.6 Å². The summed E-state index contributed by atoms with van der Waals surface area (Å²) in [5.74, 6) is 0.795. The van der Waals surface area contributed by atoms with E-state index in [0.717, 1.165) is 12.8 Å². The molecule has 4 heteroatoms. The molecule has 0 aromatic rings. The van der Waals surface area contributed by atoms with E-state index < -0.39 is 6.09 Å². The van der Waals surface area contributed by atoms with E-state index in [1.165, 1.54) is 11.3 Å². The highest BCUT2D eigenvalue weighted by molar-refractivity contribution is 5.67. The first-order valence-electron chi connectivity index (χ1n) is 6.50. The van der Waals surface area contributed by atoms with E-state index in [2.05, 4.69) is 20.8 Å². The quantitative estimate of drug-likeness (QED) is 0.739. The van der Waals surface area contributed by atoms with Gasteiger partial charge in [-0.1, -0.05) is 27.2 Å². The van der Waals surface area contributed by atoms with Gasteiger partial charge in [-0.25, -0.2) is 4.79 Å². The Labute approximate surface area is 103 Å². The molecule has 1 heterocycles. The van der Waals surface area contributed by atoms with Crippen LogP contribution in [0.15, 0.2) is 0 Å². The molecule has 4 atom stereocenters. The van der Waals surface area contributed by atoms with Gasteiger partial charge in [0, 0.05) is 6.04 Å². The van der Waals surface area contributed by atoms with Crippen molar-refractivity contribution in [2.75, 3.05) is 6.61 Å². The summed E-state index contributed by atoms with van der Waals surface area (Å²) in [6.45, 7) is 6.26. The molecule has 1 aliphatic carbocycles. The fourth-order valence-electron chi connectivity index (χ4n) is 4.05. The highest BCUT2D eigenvalue weighted by Crippen LogP contribution is 2.51. The van der Waals surface area contributed by atoms with Crippen molar-refractivity contribution in [3.8, 4) is 0 Å². The second kappa shape index (κ2) is 4.16. The van der Waals surface area contributed by atoms with Crippen LogP contribution in [-0.2, 0) is 0 Å². The number of nitrogens with zero attached hydrogens (tertiary/aromatic N) is 1. The number of amides is 1. The minimum atomic E-state index is -0.877. The molecule has 2 rings (SSSR count). The number of aliphatic hydroxyl groups excluding tert-OH is 1. The normalized spacial score (nSPS) is 37.3. The van der Waals surface area contributed by atoms with Gasteiger partial charge in [-0.15, -0.1) is 0 Å². The molecule has 0 spiro atoms. The van der Waals surface area contributed by atoms with Crippen LogP contribution in [-0.4, -0.2) is 39.9 Å². The molecule has 1 amide bonds. The number of hydrogen-bond acceptors (Lipinski definition) is 2. The van der Waals surface area contributed by atoms with E-state index in [1.807, 2.05) is 0 Å². The fourth-order valence-corrected chi connectivity index (χ4v) is 4.05. The van der Waals surface area contributed by atoms with Gasteiger partial charge in [0.1, 0.15) is 0 Å². The Morgan fingerprint density at radius 2 is 1.88 bits per heavy atom. The third-order valence-electron chi connectivity index (χ3n) is 4.48. The summed E-state index contributed by atoms with van der Waals surface area (Å²) in [4.78, 5) is 13.0. The average Bonchev–Trinajstić information content (AvgIpc) is 2.71. The lowest BCUT2D eigenvalue weighted by Crippen LogP contribution is -2.49. The summed E-state index contributed by atoms with van der Waals surface area (Å²) in [7, 11) is 0. The zero-order chi connectivity index (χ0) is 12.8. The molecule has 0 bridgehead atoms. The Morgan fingerprint density at radius 1 is 1.29 bits per heavy atom. The second-order valence-corrected chi connectivity index (χ2v) is 6.51. The fraction of sp³-hybridized carbons (Fsp3) is 0.923. The Balaban J connectivity index is 2.36. The van der Waals surface area contributed by atoms with Gasteiger partial charge in [-0.05, 0) is 30.1 Å². The Bertz CT molecular complexity index is 310. The highest BCUT2D eigenvalue weighted by Gasteiger charge is 2.55. The van der Waals surface area contributed by atoms with Gasteiger partial charge in [-0.2, -0.15) is 0 Å². The minimum Gasteiger partial charge on any atom is -0.465 e. The van der Waals surface area contributed by atoms with Crippen molar-refractivity contribution >= 4 is 6.09 Å². The summed E-state index contributed by atoms with van der Waals surface area (Å²) < 4.78 is 0. The first-order valence-corrected chi connectivity index (χ1v) is 6.50. The van der Waals surface area contributed by atoms with E-state index in [9.17, 15) is 15.0 Å². The van der Waals surface area contributed by atoms with Crippen molar-refractivity contribution in [3.05, 3.63) is 0 Å². The maximum atomic E-state index is 11.5. The minimum absolute atomic E-state index is 0.0416. The Hall–Kier alpha value is -0.770. The van der Waals surface area contributed by atoms with Crippen LogP contribution < -0.4 is 0 Å². The van der Waals surface area contributed by atoms with Gasteiger partial charge < -0.3 is 10.2 Å². The topological polar surface area (TPSA) is 60.8 Å². The van der Waals surface area contributed by atoms with Gasteiger partial charge >= 0.3 is 6.09 Å². The molecular formula is C13H23NO3. The molecule has 17 heavy (non-hydrogen) atoms. The lowest BCUT2D eigenvalue weighted by molar-refractivity contribution is 0.0561. The van der Waals surface area contributed by atoms with Crippen LogP contribution in [0, 0.1) is 17.3 Å². The molecule has 0 aromatic heterocycles. The van der Waals surface area contributed by atoms with E-state index in [-0.39, 0.29) is 24.1 Å². The van der Waals surface area contributed by atoms with E-state index in [4.69, 9.17) is 0 Å². The number of aliphatic hydroxyl groups is 1.